The highest BCUT2D eigenvalue weighted by molar-refractivity contribution is 5.90. The Morgan fingerprint density at radius 3 is 2.00 bits per heavy atom. The van der Waals surface area contributed by atoms with Gasteiger partial charge in [0, 0.05) is 5.41 Å². The van der Waals surface area contributed by atoms with Crippen molar-refractivity contribution >= 4 is 11.9 Å². The van der Waals surface area contributed by atoms with Gasteiger partial charge in [0.25, 0.3) is 0 Å². The molecule has 21 heavy (non-hydrogen) atoms. The summed E-state index contributed by atoms with van der Waals surface area (Å²) in [6.07, 6.45) is 2.74. The molecule has 0 spiro atoms. The lowest BCUT2D eigenvalue weighted by atomic mass is 9.92. The first-order valence-corrected chi connectivity index (χ1v) is 8.01. The molecular formula is C17H31NO3. The van der Waals surface area contributed by atoms with Crippen LogP contribution in [0.3, 0.4) is 0 Å². The molecule has 0 bridgehead atoms. The maximum Gasteiger partial charge on any atom is 0.329 e. The second kappa shape index (κ2) is 6.37. The summed E-state index contributed by atoms with van der Waals surface area (Å²) in [5, 5.41) is 2.93. The maximum atomic E-state index is 12.5. The van der Waals surface area contributed by atoms with Gasteiger partial charge in [-0.15, -0.1) is 0 Å². The zero-order valence-corrected chi connectivity index (χ0v) is 14.6. The predicted molar refractivity (Wildman–Crippen MR) is 83.7 cm³/mol. The number of hydrogen-bond acceptors (Lipinski definition) is 3. The number of carbonyl (C=O) groups is 2. The van der Waals surface area contributed by atoms with Gasteiger partial charge in [0.1, 0.15) is 11.6 Å². The Labute approximate surface area is 129 Å². The van der Waals surface area contributed by atoms with Crippen molar-refractivity contribution in [1.82, 2.24) is 5.32 Å². The lowest BCUT2D eigenvalue weighted by molar-refractivity contribution is -0.160. The maximum absolute atomic E-state index is 12.5. The lowest BCUT2D eigenvalue weighted by Crippen LogP contribution is -2.49. The Balaban J connectivity index is 2.71. The highest BCUT2D eigenvalue weighted by atomic mass is 16.6. The standard InChI is InChI=1S/C17H31NO3/c1-11(2)10-17(8-9-17)15(20)18-13(12(3)4)14(19)21-16(5,6)7/h11-13H,8-10H2,1-7H3,(H,18,20)/t13-/m0/s1. The first-order valence-electron chi connectivity index (χ1n) is 8.01. The summed E-state index contributed by atoms with van der Waals surface area (Å²) in [7, 11) is 0. The van der Waals surface area contributed by atoms with Crippen LogP contribution in [0.1, 0.15) is 67.7 Å². The molecule has 122 valence electrons. The van der Waals surface area contributed by atoms with Crippen LogP contribution >= 0.6 is 0 Å². The molecule has 0 saturated heterocycles. The van der Waals surface area contributed by atoms with Crippen LogP contribution < -0.4 is 5.32 Å². The first-order chi connectivity index (χ1) is 9.47. The third-order valence-corrected chi connectivity index (χ3v) is 3.75. The van der Waals surface area contributed by atoms with E-state index in [0.717, 1.165) is 19.3 Å². The van der Waals surface area contributed by atoms with Gasteiger partial charge in [-0.2, -0.15) is 0 Å². The van der Waals surface area contributed by atoms with Crippen LogP contribution in [0.25, 0.3) is 0 Å². The molecule has 1 amide bonds. The van der Waals surface area contributed by atoms with Crippen LogP contribution in [-0.2, 0) is 14.3 Å². The Morgan fingerprint density at radius 1 is 1.14 bits per heavy atom. The van der Waals surface area contributed by atoms with E-state index in [1.54, 1.807) is 0 Å². The minimum absolute atomic E-state index is 0.0126. The minimum atomic E-state index is -0.568. The molecule has 1 atom stereocenters. The van der Waals surface area contributed by atoms with Crippen LogP contribution in [0.2, 0.25) is 0 Å². The lowest BCUT2D eigenvalue weighted by Gasteiger charge is -2.28. The number of nitrogens with one attached hydrogen (secondary N) is 1. The van der Waals surface area contributed by atoms with Crippen molar-refractivity contribution < 1.29 is 14.3 Å². The van der Waals surface area contributed by atoms with Crippen molar-refractivity contribution in [2.24, 2.45) is 17.3 Å². The highest BCUT2D eigenvalue weighted by Crippen LogP contribution is 2.50. The van der Waals surface area contributed by atoms with E-state index >= 15 is 0 Å². The number of hydrogen-bond donors (Lipinski definition) is 1. The molecule has 1 N–H and O–H groups in total. The van der Waals surface area contributed by atoms with Gasteiger partial charge in [-0.05, 0) is 51.9 Å². The van der Waals surface area contributed by atoms with Crippen LogP contribution in [0.5, 0.6) is 0 Å². The van der Waals surface area contributed by atoms with Gasteiger partial charge in [-0.1, -0.05) is 27.7 Å². The quantitative estimate of drug-likeness (QED) is 0.765. The average molecular weight is 297 g/mol. The zero-order chi connectivity index (χ0) is 16.4. The van der Waals surface area contributed by atoms with Crippen molar-refractivity contribution in [3.05, 3.63) is 0 Å². The van der Waals surface area contributed by atoms with Crippen molar-refractivity contribution in [2.75, 3.05) is 0 Å². The molecule has 1 aliphatic rings. The van der Waals surface area contributed by atoms with Crippen LogP contribution in [0, 0.1) is 17.3 Å². The van der Waals surface area contributed by atoms with E-state index in [1.165, 1.54) is 0 Å². The summed E-state index contributed by atoms with van der Waals surface area (Å²) in [4.78, 5) is 24.8. The third kappa shape index (κ3) is 5.33. The monoisotopic (exact) mass is 297 g/mol. The molecule has 0 radical (unpaired) electrons. The zero-order valence-electron chi connectivity index (χ0n) is 14.6. The summed E-state index contributed by atoms with van der Waals surface area (Å²) in [5.41, 5.74) is -0.784. The van der Waals surface area contributed by atoms with E-state index in [9.17, 15) is 9.59 Å². The Bertz CT molecular complexity index is 389. The van der Waals surface area contributed by atoms with Gasteiger partial charge in [0.15, 0.2) is 0 Å². The predicted octanol–water partition coefficient (Wildman–Crippen LogP) is 3.30. The van der Waals surface area contributed by atoms with Gasteiger partial charge in [0.05, 0.1) is 0 Å². The number of esters is 1. The van der Waals surface area contributed by atoms with Crippen LogP contribution in [-0.4, -0.2) is 23.5 Å². The van der Waals surface area contributed by atoms with Crippen molar-refractivity contribution in [2.45, 2.75) is 79.4 Å². The number of rotatable bonds is 6. The number of carbonyl (C=O) groups excluding carboxylic acids is 2. The normalized spacial score (nSPS) is 18.5. The first kappa shape index (κ1) is 18.0. The Hall–Kier alpha value is -1.06. The molecule has 0 aromatic heterocycles. The summed E-state index contributed by atoms with van der Waals surface area (Å²) in [6, 6.07) is -0.568. The van der Waals surface area contributed by atoms with Gasteiger partial charge < -0.3 is 10.1 Å². The fourth-order valence-corrected chi connectivity index (χ4v) is 2.61. The fourth-order valence-electron chi connectivity index (χ4n) is 2.61. The van der Waals surface area contributed by atoms with Crippen molar-refractivity contribution in [1.29, 1.82) is 0 Å². The van der Waals surface area contributed by atoms with Gasteiger partial charge in [-0.25, -0.2) is 4.79 Å². The molecule has 0 aromatic carbocycles. The van der Waals surface area contributed by atoms with Gasteiger partial charge in [0.2, 0.25) is 5.91 Å². The molecule has 4 heteroatoms. The van der Waals surface area contributed by atoms with Gasteiger partial charge >= 0.3 is 5.97 Å². The van der Waals surface area contributed by atoms with E-state index in [4.69, 9.17) is 4.74 Å². The van der Waals surface area contributed by atoms with E-state index < -0.39 is 11.6 Å². The average Bonchev–Trinajstić information content (AvgIpc) is 3.02. The second-order valence-electron chi connectivity index (χ2n) is 8.11. The van der Waals surface area contributed by atoms with Crippen LogP contribution in [0.4, 0.5) is 0 Å². The molecular weight excluding hydrogens is 266 g/mol. The number of amides is 1. The number of ether oxygens (including phenoxy) is 1. The molecule has 1 saturated carbocycles. The smallest absolute Gasteiger partial charge is 0.329 e. The molecule has 1 fully saturated rings. The Kier molecular flexibility index (Phi) is 5.46. The van der Waals surface area contributed by atoms with Crippen molar-refractivity contribution in [3.8, 4) is 0 Å². The van der Waals surface area contributed by atoms with Crippen molar-refractivity contribution in [3.63, 3.8) is 0 Å². The fraction of sp³-hybridized carbons (Fsp3) is 0.882. The summed E-state index contributed by atoms with van der Waals surface area (Å²) < 4.78 is 5.42. The summed E-state index contributed by atoms with van der Waals surface area (Å²) in [6.45, 7) is 13.6. The molecule has 0 unspecified atom stereocenters. The largest absolute Gasteiger partial charge is 0.458 e. The Morgan fingerprint density at radius 2 is 1.67 bits per heavy atom. The third-order valence-electron chi connectivity index (χ3n) is 3.75. The van der Waals surface area contributed by atoms with E-state index in [0.29, 0.717) is 5.92 Å². The molecule has 1 aliphatic carbocycles. The minimum Gasteiger partial charge on any atom is -0.458 e. The van der Waals surface area contributed by atoms with Gasteiger partial charge in [-0.3, -0.25) is 4.79 Å². The molecule has 0 aromatic rings. The summed E-state index contributed by atoms with van der Waals surface area (Å²) >= 11 is 0. The van der Waals surface area contributed by atoms with E-state index in [1.807, 2.05) is 34.6 Å². The molecule has 0 aliphatic heterocycles. The summed E-state index contributed by atoms with van der Waals surface area (Å²) in [5.74, 6) is 0.169. The molecule has 0 heterocycles. The van der Waals surface area contributed by atoms with E-state index in [-0.39, 0.29) is 23.2 Å². The highest BCUT2D eigenvalue weighted by Gasteiger charge is 2.50. The van der Waals surface area contributed by atoms with Crippen LogP contribution in [0.15, 0.2) is 0 Å². The topological polar surface area (TPSA) is 55.4 Å². The SMILES string of the molecule is CC(C)CC1(C(=O)N[C@H](C(=O)OC(C)(C)C)C(C)C)CC1. The molecule has 4 nitrogen and oxygen atoms in total. The van der Waals surface area contributed by atoms with E-state index in [2.05, 4.69) is 19.2 Å². The second-order valence-corrected chi connectivity index (χ2v) is 8.11. The molecule has 1 rings (SSSR count).